The maximum Gasteiger partial charge on any atom is 0.234 e. The molecule has 0 N–H and O–H groups in total. The lowest BCUT2D eigenvalue weighted by Gasteiger charge is -2.17. The van der Waals surface area contributed by atoms with Crippen LogP contribution in [0.25, 0.3) is 28.3 Å². The van der Waals surface area contributed by atoms with Crippen LogP contribution < -0.4 is 4.74 Å². The van der Waals surface area contributed by atoms with Crippen LogP contribution in [0.3, 0.4) is 0 Å². The van der Waals surface area contributed by atoms with Crippen molar-refractivity contribution < 1.29 is 9.53 Å². The van der Waals surface area contributed by atoms with E-state index in [2.05, 4.69) is 9.97 Å². The van der Waals surface area contributed by atoms with Crippen LogP contribution >= 0.6 is 0 Å². The molecular weight excluding hydrogens is 340 g/mol. The van der Waals surface area contributed by atoms with E-state index in [1.165, 1.54) is 0 Å². The number of hydrogen-bond acceptors (Lipinski definition) is 5. The number of ketones is 1. The molecule has 3 aromatic heterocycles. The Bertz CT molecular complexity index is 1200. The Hall–Kier alpha value is -3.54. The zero-order valence-corrected chi connectivity index (χ0v) is 14.7. The molecule has 0 bridgehead atoms. The fourth-order valence-electron chi connectivity index (χ4n) is 3.48. The number of benzene rings is 1. The van der Waals surface area contributed by atoms with Crippen molar-refractivity contribution in [2.24, 2.45) is 0 Å². The first-order chi connectivity index (χ1) is 13.2. The smallest absolute Gasteiger partial charge is 0.234 e. The van der Waals surface area contributed by atoms with Gasteiger partial charge in [-0.1, -0.05) is 0 Å². The molecule has 0 aliphatic carbocycles. The first-order valence-corrected chi connectivity index (χ1v) is 8.73. The molecule has 0 radical (unpaired) electrons. The van der Waals surface area contributed by atoms with Gasteiger partial charge in [0.25, 0.3) is 0 Å². The summed E-state index contributed by atoms with van der Waals surface area (Å²) in [5, 5.41) is 0. The number of aryl methyl sites for hydroxylation is 1. The lowest BCUT2D eigenvalue weighted by molar-refractivity contribution is -0.121. The standard InChI is InChI=1S/C21H16N4O2/c1-13-9-14(5-7-22-13)19-20(25-8-2-6-23-21(25)24-19)15-3-4-18-16(10-15)11-17(26)12-27-18/h2-10H,11-12H2,1H3. The summed E-state index contributed by atoms with van der Waals surface area (Å²) in [5.41, 5.74) is 5.55. The highest BCUT2D eigenvalue weighted by atomic mass is 16.5. The predicted molar refractivity (Wildman–Crippen MR) is 101 cm³/mol. The molecule has 4 aromatic rings. The van der Waals surface area contributed by atoms with Crippen LogP contribution in [0, 0.1) is 6.92 Å². The monoisotopic (exact) mass is 356 g/mol. The van der Waals surface area contributed by atoms with E-state index < -0.39 is 0 Å². The molecule has 27 heavy (non-hydrogen) atoms. The topological polar surface area (TPSA) is 69.4 Å². The molecule has 0 amide bonds. The largest absolute Gasteiger partial charge is 0.486 e. The summed E-state index contributed by atoms with van der Waals surface area (Å²) in [6, 6.07) is 11.8. The number of aromatic nitrogens is 4. The van der Waals surface area contributed by atoms with E-state index in [0.29, 0.717) is 12.2 Å². The van der Waals surface area contributed by atoms with Gasteiger partial charge in [-0.15, -0.1) is 0 Å². The first kappa shape index (κ1) is 15.7. The van der Waals surface area contributed by atoms with Crippen LogP contribution in [0.1, 0.15) is 11.3 Å². The highest BCUT2D eigenvalue weighted by Gasteiger charge is 2.21. The molecule has 1 aromatic carbocycles. The lowest BCUT2D eigenvalue weighted by Crippen LogP contribution is -2.20. The SMILES string of the molecule is Cc1cc(-c2nc3ncccn3c2-c2ccc3c(c2)CC(=O)CO3)ccn1. The third kappa shape index (κ3) is 2.66. The molecule has 6 nitrogen and oxygen atoms in total. The Morgan fingerprint density at radius 2 is 2.00 bits per heavy atom. The molecule has 5 rings (SSSR count). The van der Waals surface area contributed by atoms with Crippen LogP contribution in [0.15, 0.2) is 55.0 Å². The average Bonchev–Trinajstić information content (AvgIpc) is 3.07. The number of fused-ring (bicyclic) bond motifs is 2. The maximum absolute atomic E-state index is 11.8. The van der Waals surface area contributed by atoms with E-state index in [-0.39, 0.29) is 12.4 Å². The Labute approximate surface area is 155 Å². The minimum atomic E-state index is 0.0874. The number of ether oxygens (including phenoxy) is 1. The van der Waals surface area contributed by atoms with Gasteiger partial charge in [-0.05, 0) is 43.3 Å². The number of Topliss-reactive ketones (excluding diaryl/α,β-unsaturated/α-hetero) is 1. The van der Waals surface area contributed by atoms with Crippen molar-refractivity contribution in [3.05, 3.63) is 66.2 Å². The second-order valence-electron chi connectivity index (χ2n) is 6.61. The number of rotatable bonds is 2. The van der Waals surface area contributed by atoms with Gasteiger partial charge in [-0.3, -0.25) is 14.2 Å². The van der Waals surface area contributed by atoms with Crippen LogP contribution in [-0.4, -0.2) is 31.7 Å². The Morgan fingerprint density at radius 3 is 2.89 bits per heavy atom. The summed E-state index contributed by atoms with van der Waals surface area (Å²) in [6.07, 6.45) is 5.85. The number of imidazole rings is 1. The number of nitrogens with zero attached hydrogens (tertiary/aromatic N) is 4. The van der Waals surface area contributed by atoms with E-state index in [1.54, 1.807) is 12.4 Å². The van der Waals surface area contributed by atoms with Crippen LogP contribution in [0.2, 0.25) is 0 Å². The first-order valence-electron chi connectivity index (χ1n) is 8.73. The summed E-state index contributed by atoms with van der Waals surface area (Å²) in [4.78, 5) is 25.2. The highest BCUT2D eigenvalue weighted by Crippen LogP contribution is 2.35. The number of carbonyl (C=O) groups excluding carboxylic acids is 1. The van der Waals surface area contributed by atoms with Gasteiger partial charge in [0.15, 0.2) is 5.78 Å². The van der Waals surface area contributed by atoms with Crippen molar-refractivity contribution in [3.63, 3.8) is 0 Å². The maximum atomic E-state index is 11.8. The van der Waals surface area contributed by atoms with Gasteiger partial charge in [0.2, 0.25) is 5.78 Å². The quantitative estimate of drug-likeness (QED) is 0.551. The van der Waals surface area contributed by atoms with Crippen molar-refractivity contribution >= 4 is 11.6 Å². The van der Waals surface area contributed by atoms with E-state index in [4.69, 9.17) is 9.72 Å². The predicted octanol–water partition coefficient (Wildman–Crippen LogP) is 3.27. The van der Waals surface area contributed by atoms with Gasteiger partial charge in [0.1, 0.15) is 12.4 Å². The molecule has 0 atom stereocenters. The second-order valence-corrected chi connectivity index (χ2v) is 6.61. The fourth-order valence-corrected chi connectivity index (χ4v) is 3.48. The molecule has 1 aliphatic rings. The zero-order chi connectivity index (χ0) is 18.4. The summed E-state index contributed by atoms with van der Waals surface area (Å²) in [7, 11) is 0. The molecule has 6 heteroatoms. The van der Waals surface area contributed by atoms with Gasteiger partial charge in [0, 0.05) is 47.4 Å². The van der Waals surface area contributed by atoms with Crippen molar-refractivity contribution in [3.8, 4) is 28.3 Å². The second kappa shape index (κ2) is 6.02. The van der Waals surface area contributed by atoms with Gasteiger partial charge in [-0.2, -0.15) is 0 Å². The molecule has 0 spiro atoms. The number of hydrogen-bond donors (Lipinski definition) is 0. The van der Waals surface area contributed by atoms with E-state index in [0.717, 1.165) is 39.5 Å². The normalized spacial score (nSPS) is 13.4. The number of carbonyl (C=O) groups is 1. The average molecular weight is 356 g/mol. The van der Waals surface area contributed by atoms with Gasteiger partial charge in [-0.25, -0.2) is 9.97 Å². The Balaban J connectivity index is 1.76. The third-order valence-corrected chi connectivity index (χ3v) is 4.68. The van der Waals surface area contributed by atoms with Crippen molar-refractivity contribution in [2.75, 3.05) is 6.61 Å². The Kier molecular flexibility index (Phi) is 3.50. The lowest BCUT2D eigenvalue weighted by atomic mass is 9.99. The van der Waals surface area contributed by atoms with E-state index in [1.807, 2.05) is 53.9 Å². The Morgan fingerprint density at radius 1 is 1.07 bits per heavy atom. The molecule has 1 aliphatic heterocycles. The van der Waals surface area contributed by atoms with Crippen LogP contribution in [0.5, 0.6) is 5.75 Å². The summed E-state index contributed by atoms with van der Waals surface area (Å²) in [5.74, 6) is 1.48. The van der Waals surface area contributed by atoms with Crippen molar-refractivity contribution in [1.29, 1.82) is 0 Å². The molecule has 0 unspecified atom stereocenters. The van der Waals surface area contributed by atoms with Crippen molar-refractivity contribution in [1.82, 2.24) is 19.4 Å². The third-order valence-electron chi connectivity index (χ3n) is 4.68. The van der Waals surface area contributed by atoms with Gasteiger partial charge < -0.3 is 4.74 Å². The summed E-state index contributed by atoms with van der Waals surface area (Å²) >= 11 is 0. The van der Waals surface area contributed by atoms with E-state index in [9.17, 15) is 4.79 Å². The van der Waals surface area contributed by atoms with E-state index >= 15 is 0 Å². The zero-order valence-electron chi connectivity index (χ0n) is 14.7. The minimum absolute atomic E-state index is 0.0874. The summed E-state index contributed by atoms with van der Waals surface area (Å²) < 4.78 is 7.50. The molecular formula is C21H16N4O2. The van der Waals surface area contributed by atoms with Crippen LogP contribution in [0.4, 0.5) is 0 Å². The highest BCUT2D eigenvalue weighted by molar-refractivity contribution is 5.86. The van der Waals surface area contributed by atoms with Crippen molar-refractivity contribution in [2.45, 2.75) is 13.3 Å². The number of pyridine rings is 1. The molecule has 0 fully saturated rings. The summed E-state index contributed by atoms with van der Waals surface area (Å²) in [6.45, 7) is 2.10. The molecule has 4 heterocycles. The van der Waals surface area contributed by atoms with Gasteiger partial charge >= 0.3 is 0 Å². The van der Waals surface area contributed by atoms with Crippen LogP contribution in [-0.2, 0) is 11.2 Å². The molecule has 132 valence electrons. The van der Waals surface area contributed by atoms with Gasteiger partial charge in [0.05, 0.1) is 11.4 Å². The minimum Gasteiger partial charge on any atom is -0.486 e. The molecule has 0 saturated carbocycles. The fraction of sp³-hybridized carbons (Fsp3) is 0.143. The molecule has 0 saturated heterocycles.